The zero-order valence-electron chi connectivity index (χ0n) is 16.3. The number of fused-ring (bicyclic) bond motifs is 1. The molecule has 0 amide bonds. The molecule has 2 heterocycles. The van der Waals surface area contributed by atoms with Crippen LogP contribution in [0.3, 0.4) is 0 Å². The van der Waals surface area contributed by atoms with Crippen molar-refractivity contribution in [3.05, 3.63) is 60.5 Å². The maximum atomic E-state index is 12.3. The maximum absolute atomic E-state index is 12.3. The molecule has 2 N–H and O–H groups in total. The highest BCUT2D eigenvalue weighted by Crippen LogP contribution is 2.39. The Morgan fingerprint density at radius 2 is 2.16 bits per heavy atom. The van der Waals surface area contributed by atoms with Gasteiger partial charge in [-0.25, -0.2) is 4.79 Å². The number of hydrogen-bond acceptors (Lipinski definition) is 5. The molecule has 0 fully saturated rings. The number of hydrogen-bond donors (Lipinski definition) is 2. The normalized spacial score (nSPS) is 12.5. The predicted molar refractivity (Wildman–Crippen MR) is 133 cm³/mol. The minimum absolute atomic E-state index is 0.334. The van der Waals surface area contributed by atoms with Gasteiger partial charge in [0.05, 0.1) is 23.7 Å². The maximum Gasteiger partial charge on any atom is 0.341 e. The molecule has 3 aromatic rings. The van der Waals surface area contributed by atoms with Gasteiger partial charge in [0.1, 0.15) is 5.00 Å². The molecule has 6 nitrogen and oxygen atoms in total. The van der Waals surface area contributed by atoms with Crippen molar-refractivity contribution >= 4 is 84.6 Å². The Kier molecular flexibility index (Phi) is 6.88. The van der Waals surface area contributed by atoms with Gasteiger partial charge in [-0.15, -0.1) is 11.3 Å². The summed E-state index contributed by atoms with van der Waals surface area (Å²) in [5.41, 5.74) is 2.53. The Morgan fingerprint density at radius 1 is 1.35 bits per heavy atom. The van der Waals surface area contributed by atoms with Crippen LogP contribution in [-0.4, -0.2) is 28.0 Å². The van der Waals surface area contributed by atoms with Crippen molar-refractivity contribution < 1.29 is 9.53 Å². The molecule has 0 saturated carbocycles. The first-order valence-corrected chi connectivity index (χ1v) is 12.1. The number of esters is 1. The molecule has 162 valence electrons. The Bertz CT molecular complexity index is 1180. The first-order valence-electron chi connectivity index (χ1n) is 9.33. The monoisotopic (exact) mass is 558 g/mol. The Labute approximate surface area is 207 Å². The van der Waals surface area contributed by atoms with Gasteiger partial charge in [-0.2, -0.15) is 5.10 Å². The van der Waals surface area contributed by atoms with E-state index in [-0.39, 0.29) is 5.97 Å². The van der Waals surface area contributed by atoms with Crippen molar-refractivity contribution in [2.75, 3.05) is 17.7 Å². The van der Waals surface area contributed by atoms with Crippen LogP contribution >= 0.6 is 62.7 Å². The van der Waals surface area contributed by atoms with Crippen LogP contribution in [0.2, 0.25) is 10.0 Å². The number of benzene rings is 1. The van der Waals surface area contributed by atoms with Crippen molar-refractivity contribution in [1.29, 1.82) is 0 Å². The van der Waals surface area contributed by atoms with Gasteiger partial charge < -0.3 is 15.4 Å². The van der Waals surface area contributed by atoms with Crippen molar-refractivity contribution in [2.24, 2.45) is 0 Å². The average Bonchev–Trinajstić information content (AvgIpc) is 3.38. The van der Waals surface area contributed by atoms with E-state index in [0.29, 0.717) is 38.1 Å². The van der Waals surface area contributed by atoms with E-state index >= 15 is 0 Å². The van der Waals surface area contributed by atoms with Gasteiger partial charge in [-0.3, -0.25) is 4.68 Å². The summed E-state index contributed by atoms with van der Waals surface area (Å²) in [6.07, 6.45) is 4.72. The number of aromatic nitrogens is 2. The summed E-state index contributed by atoms with van der Waals surface area (Å²) in [6.45, 7) is 0.473. The Balaban J connectivity index is 1.48. The second-order valence-electron chi connectivity index (χ2n) is 6.89. The van der Waals surface area contributed by atoms with E-state index in [0.717, 1.165) is 34.9 Å². The molecule has 31 heavy (non-hydrogen) atoms. The molecule has 0 bridgehead atoms. The highest BCUT2D eigenvalue weighted by Gasteiger charge is 2.27. The van der Waals surface area contributed by atoms with Crippen molar-refractivity contribution in [3.8, 4) is 0 Å². The number of rotatable bonds is 5. The number of thiocarbonyl (C=S) groups is 1. The zero-order chi connectivity index (χ0) is 22.1. The van der Waals surface area contributed by atoms with E-state index in [1.807, 2.05) is 12.3 Å². The molecule has 0 atom stereocenters. The minimum Gasteiger partial charge on any atom is -0.465 e. The third-order valence-corrected chi connectivity index (χ3v) is 7.41. The molecule has 0 spiro atoms. The van der Waals surface area contributed by atoms with Crippen LogP contribution in [0.1, 0.15) is 32.8 Å². The molecule has 11 heteroatoms. The van der Waals surface area contributed by atoms with Crippen LogP contribution in [0, 0.1) is 0 Å². The molecule has 0 unspecified atom stereocenters. The number of anilines is 2. The first-order chi connectivity index (χ1) is 14.9. The summed E-state index contributed by atoms with van der Waals surface area (Å²) in [6, 6.07) is 5.35. The average molecular weight is 560 g/mol. The molecule has 1 aliphatic rings. The first kappa shape index (κ1) is 22.5. The van der Waals surface area contributed by atoms with E-state index in [9.17, 15) is 4.79 Å². The van der Waals surface area contributed by atoms with Gasteiger partial charge in [0.2, 0.25) is 0 Å². The third kappa shape index (κ3) is 4.90. The summed E-state index contributed by atoms with van der Waals surface area (Å²) in [4.78, 5) is 13.5. The molecule has 4 rings (SSSR count). The van der Waals surface area contributed by atoms with Crippen LogP contribution in [0.15, 0.2) is 28.9 Å². The minimum atomic E-state index is -0.352. The molecule has 0 saturated heterocycles. The second-order valence-corrected chi connectivity index (χ2v) is 10.1. The summed E-state index contributed by atoms with van der Waals surface area (Å²) < 4.78 is 7.46. The fourth-order valence-corrected chi connectivity index (χ4v) is 5.87. The highest BCUT2D eigenvalue weighted by molar-refractivity contribution is 9.10. The molecule has 1 aromatic carbocycles. The number of methoxy groups -OCH3 is 1. The SMILES string of the molecule is COC(=O)c1c(NC(=S)Nc2nn(Cc3ccc(Cl)cc3Cl)cc2Br)sc2c1CCC2. The van der Waals surface area contributed by atoms with Gasteiger partial charge in [0.15, 0.2) is 10.9 Å². The molecular formula is C20H17BrCl2N4O2S2. The number of carbonyl (C=O) groups is 1. The number of halogens is 3. The van der Waals surface area contributed by atoms with Gasteiger partial charge in [-0.05, 0) is 70.7 Å². The van der Waals surface area contributed by atoms with Crippen LogP contribution in [0.25, 0.3) is 0 Å². The lowest BCUT2D eigenvalue weighted by molar-refractivity contribution is 0.0601. The lowest BCUT2D eigenvalue weighted by Crippen LogP contribution is -2.21. The van der Waals surface area contributed by atoms with E-state index in [2.05, 4.69) is 31.7 Å². The predicted octanol–water partition coefficient (Wildman–Crippen LogP) is 6.15. The fourth-order valence-electron chi connectivity index (χ4n) is 3.44. The van der Waals surface area contributed by atoms with E-state index in [1.54, 1.807) is 28.2 Å². The van der Waals surface area contributed by atoms with Crippen LogP contribution in [0.5, 0.6) is 0 Å². The molecule has 2 aromatic heterocycles. The highest BCUT2D eigenvalue weighted by atomic mass is 79.9. The lowest BCUT2D eigenvalue weighted by Gasteiger charge is -2.10. The number of nitrogens with one attached hydrogen (secondary N) is 2. The fraction of sp³-hybridized carbons (Fsp3) is 0.250. The third-order valence-electron chi connectivity index (χ3n) is 4.83. The lowest BCUT2D eigenvalue weighted by atomic mass is 10.1. The topological polar surface area (TPSA) is 68.2 Å². The number of carbonyl (C=O) groups excluding carboxylic acids is 1. The number of thiophene rings is 1. The second kappa shape index (κ2) is 9.46. The van der Waals surface area contributed by atoms with Crippen LogP contribution in [-0.2, 0) is 24.1 Å². The van der Waals surface area contributed by atoms with E-state index in [1.165, 1.54) is 12.0 Å². The zero-order valence-corrected chi connectivity index (χ0v) is 21.0. The quantitative estimate of drug-likeness (QED) is 0.289. The van der Waals surface area contributed by atoms with Crippen LogP contribution in [0.4, 0.5) is 10.8 Å². The summed E-state index contributed by atoms with van der Waals surface area (Å²) in [7, 11) is 1.39. The van der Waals surface area contributed by atoms with Crippen molar-refractivity contribution in [2.45, 2.75) is 25.8 Å². The van der Waals surface area contributed by atoms with Gasteiger partial charge in [-0.1, -0.05) is 29.3 Å². The Morgan fingerprint density at radius 3 is 2.90 bits per heavy atom. The Hall–Kier alpha value is -1.65. The number of nitrogens with zero attached hydrogens (tertiary/aromatic N) is 2. The number of aryl methyl sites for hydroxylation is 1. The van der Waals surface area contributed by atoms with E-state index in [4.69, 9.17) is 40.2 Å². The van der Waals surface area contributed by atoms with Crippen LogP contribution < -0.4 is 10.6 Å². The molecular weight excluding hydrogens is 543 g/mol. The summed E-state index contributed by atoms with van der Waals surface area (Å²) in [5, 5.41) is 12.9. The van der Waals surface area contributed by atoms with E-state index < -0.39 is 0 Å². The van der Waals surface area contributed by atoms with Crippen molar-refractivity contribution in [1.82, 2.24) is 9.78 Å². The van der Waals surface area contributed by atoms with Gasteiger partial charge in [0.25, 0.3) is 0 Å². The van der Waals surface area contributed by atoms with Gasteiger partial charge in [0, 0.05) is 21.1 Å². The molecule has 0 aliphatic heterocycles. The largest absolute Gasteiger partial charge is 0.465 e. The molecule has 0 radical (unpaired) electrons. The van der Waals surface area contributed by atoms with Crippen molar-refractivity contribution in [3.63, 3.8) is 0 Å². The number of ether oxygens (including phenoxy) is 1. The standard InChI is InChI=1S/C20H17BrCl2N4O2S2/c1-29-19(28)16-12-3-2-4-15(12)31-18(16)25-20(30)24-17-13(21)9-27(26-17)8-10-5-6-11(22)7-14(10)23/h5-7,9H,2-4,8H2,1H3,(H2,24,25,26,30). The smallest absolute Gasteiger partial charge is 0.341 e. The summed E-state index contributed by atoms with van der Waals surface area (Å²) in [5.74, 6) is 0.196. The molecule has 1 aliphatic carbocycles. The summed E-state index contributed by atoms with van der Waals surface area (Å²) >= 11 is 22.7. The van der Waals surface area contributed by atoms with Gasteiger partial charge >= 0.3 is 5.97 Å².